The lowest BCUT2D eigenvalue weighted by molar-refractivity contribution is 0.0963. The van der Waals surface area contributed by atoms with Crippen LogP contribution in [0.5, 0.6) is 0 Å². The molecule has 8 heteroatoms. The van der Waals surface area contributed by atoms with E-state index in [4.69, 9.17) is 5.26 Å². The highest BCUT2D eigenvalue weighted by Crippen LogP contribution is 2.30. The average Bonchev–Trinajstić information content (AvgIpc) is 3.30. The number of thiazole rings is 1. The molecule has 3 heterocycles. The molecule has 28 heavy (non-hydrogen) atoms. The van der Waals surface area contributed by atoms with E-state index in [0.717, 1.165) is 33.5 Å². The molecular weight excluding hydrogens is 372 g/mol. The van der Waals surface area contributed by atoms with Crippen LogP contribution in [-0.4, -0.2) is 27.3 Å². The van der Waals surface area contributed by atoms with Gasteiger partial charge in [-0.05, 0) is 43.3 Å². The molecule has 0 spiro atoms. The maximum Gasteiger partial charge on any atom is 0.251 e. The average molecular weight is 388 g/mol. The van der Waals surface area contributed by atoms with Crippen molar-refractivity contribution in [2.24, 2.45) is 0 Å². The van der Waals surface area contributed by atoms with Gasteiger partial charge in [0.05, 0.1) is 23.0 Å². The number of benzene rings is 1. The summed E-state index contributed by atoms with van der Waals surface area (Å²) in [6.45, 7) is 1.93. The molecule has 138 valence electrons. The zero-order valence-corrected chi connectivity index (χ0v) is 16.0. The Morgan fingerprint density at radius 3 is 2.71 bits per heavy atom. The number of carbonyl (C=O) groups excluding carboxylic acids is 1. The molecular formula is C20H16N6OS. The maximum atomic E-state index is 11.6. The van der Waals surface area contributed by atoms with Crippen LogP contribution in [0, 0.1) is 18.3 Å². The number of imidazole rings is 1. The van der Waals surface area contributed by atoms with Crippen LogP contribution < -0.4 is 10.6 Å². The first kappa shape index (κ1) is 17.7. The Kier molecular flexibility index (Phi) is 4.51. The molecule has 0 saturated heterocycles. The van der Waals surface area contributed by atoms with E-state index < -0.39 is 0 Å². The van der Waals surface area contributed by atoms with Crippen LogP contribution in [0.15, 0.2) is 48.0 Å². The number of hydrogen-bond donors (Lipinski definition) is 2. The van der Waals surface area contributed by atoms with Crippen molar-refractivity contribution in [1.82, 2.24) is 19.7 Å². The third kappa shape index (κ3) is 3.19. The van der Waals surface area contributed by atoms with Gasteiger partial charge in [0, 0.05) is 29.9 Å². The summed E-state index contributed by atoms with van der Waals surface area (Å²) < 4.78 is 1.94. The van der Waals surface area contributed by atoms with E-state index in [0.29, 0.717) is 11.1 Å². The minimum Gasteiger partial charge on any atom is -0.355 e. The number of rotatable bonds is 4. The zero-order chi connectivity index (χ0) is 19.7. The lowest BCUT2D eigenvalue weighted by Crippen LogP contribution is -2.17. The van der Waals surface area contributed by atoms with Crippen LogP contribution >= 0.6 is 11.3 Å². The van der Waals surface area contributed by atoms with Crippen molar-refractivity contribution < 1.29 is 4.79 Å². The van der Waals surface area contributed by atoms with E-state index in [-0.39, 0.29) is 5.91 Å². The summed E-state index contributed by atoms with van der Waals surface area (Å²) in [6, 6.07) is 12.9. The van der Waals surface area contributed by atoms with Gasteiger partial charge in [-0.2, -0.15) is 5.26 Å². The molecule has 0 unspecified atom stereocenters. The van der Waals surface area contributed by atoms with E-state index in [2.05, 4.69) is 26.7 Å². The summed E-state index contributed by atoms with van der Waals surface area (Å²) in [5.74, 6) is -0.120. The Hall–Kier alpha value is -3.70. The maximum absolute atomic E-state index is 11.6. The molecule has 0 atom stereocenters. The first-order chi connectivity index (χ1) is 13.6. The molecule has 0 saturated carbocycles. The van der Waals surface area contributed by atoms with Crippen molar-refractivity contribution in [3.8, 4) is 17.5 Å². The Bertz CT molecular complexity index is 1220. The van der Waals surface area contributed by atoms with Crippen molar-refractivity contribution in [3.05, 3.63) is 64.8 Å². The molecule has 2 N–H and O–H groups in total. The van der Waals surface area contributed by atoms with Gasteiger partial charge in [-0.15, -0.1) is 11.3 Å². The second-order valence-corrected chi connectivity index (χ2v) is 6.98. The number of anilines is 2. The summed E-state index contributed by atoms with van der Waals surface area (Å²) in [6.07, 6.45) is 1.84. The number of fused-ring (bicyclic) bond motifs is 1. The van der Waals surface area contributed by atoms with E-state index >= 15 is 0 Å². The first-order valence-electron chi connectivity index (χ1n) is 8.53. The molecule has 0 fully saturated rings. The van der Waals surface area contributed by atoms with E-state index in [1.165, 1.54) is 11.3 Å². The molecule has 0 aliphatic carbocycles. The van der Waals surface area contributed by atoms with Crippen LogP contribution in [-0.2, 0) is 0 Å². The third-order valence-electron chi connectivity index (χ3n) is 4.30. The molecule has 7 nitrogen and oxygen atoms in total. The van der Waals surface area contributed by atoms with Crippen molar-refractivity contribution in [2.45, 2.75) is 6.92 Å². The number of carbonyl (C=O) groups is 1. The molecule has 0 bridgehead atoms. The summed E-state index contributed by atoms with van der Waals surface area (Å²) >= 11 is 1.49. The summed E-state index contributed by atoms with van der Waals surface area (Å²) in [5, 5.41) is 17.6. The minimum atomic E-state index is -0.120. The lowest BCUT2D eigenvalue weighted by Gasteiger charge is -2.04. The second-order valence-electron chi connectivity index (χ2n) is 6.12. The second kappa shape index (κ2) is 7.13. The number of nitrogens with one attached hydrogen (secondary N) is 2. The fraction of sp³-hybridized carbons (Fsp3) is 0.100. The van der Waals surface area contributed by atoms with Gasteiger partial charge in [-0.25, -0.2) is 9.97 Å². The Labute approximate surface area is 165 Å². The molecule has 0 aliphatic rings. The normalized spacial score (nSPS) is 10.6. The monoisotopic (exact) mass is 388 g/mol. The van der Waals surface area contributed by atoms with E-state index in [1.807, 2.05) is 35.0 Å². The highest BCUT2D eigenvalue weighted by Gasteiger charge is 2.15. The van der Waals surface area contributed by atoms with Gasteiger partial charge >= 0.3 is 0 Å². The van der Waals surface area contributed by atoms with Crippen LogP contribution in [0.2, 0.25) is 0 Å². The molecule has 1 aromatic carbocycles. The summed E-state index contributed by atoms with van der Waals surface area (Å²) in [5.41, 5.74) is 5.31. The highest BCUT2D eigenvalue weighted by molar-refractivity contribution is 7.14. The van der Waals surface area contributed by atoms with Gasteiger partial charge in [-0.1, -0.05) is 0 Å². The highest BCUT2D eigenvalue weighted by atomic mass is 32.1. The van der Waals surface area contributed by atoms with Crippen LogP contribution in [0.1, 0.15) is 21.6 Å². The fourth-order valence-corrected chi connectivity index (χ4v) is 3.67. The predicted molar refractivity (Wildman–Crippen MR) is 109 cm³/mol. The summed E-state index contributed by atoms with van der Waals surface area (Å²) in [4.78, 5) is 20.9. The van der Waals surface area contributed by atoms with E-state index in [1.54, 1.807) is 31.3 Å². The van der Waals surface area contributed by atoms with Crippen molar-refractivity contribution >= 4 is 33.7 Å². The number of nitrogens with zero attached hydrogens (tertiary/aromatic N) is 4. The van der Waals surface area contributed by atoms with Crippen molar-refractivity contribution in [1.29, 1.82) is 5.26 Å². The van der Waals surface area contributed by atoms with Gasteiger partial charge in [0.1, 0.15) is 11.3 Å². The number of pyridine rings is 1. The van der Waals surface area contributed by atoms with Gasteiger partial charge < -0.3 is 10.6 Å². The fourth-order valence-electron chi connectivity index (χ4n) is 2.95. The minimum absolute atomic E-state index is 0.120. The Morgan fingerprint density at radius 2 is 2.00 bits per heavy atom. The SMILES string of the molecule is CNC(=O)c1ccc(Nc2nc(-c3c(C)nc4cc(C#N)ccn34)cs2)cc1. The van der Waals surface area contributed by atoms with Crippen LogP contribution in [0.4, 0.5) is 10.8 Å². The first-order valence-corrected chi connectivity index (χ1v) is 9.41. The molecule has 4 rings (SSSR count). The molecule has 1 amide bonds. The lowest BCUT2D eigenvalue weighted by atomic mass is 10.2. The number of aryl methyl sites for hydroxylation is 1. The number of amides is 1. The van der Waals surface area contributed by atoms with Gasteiger partial charge in [-0.3, -0.25) is 9.20 Å². The van der Waals surface area contributed by atoms with Crippen molar-refractivity contribution in [3.63, 3.8) is 0 Å². The zero-order valence-electron chi connectivity index (χ0n) is 15.2. The predicted octanol–water partition coefficient (Wildman–Crippen LogP) is 3.74. The van der Waals surface area contributed by atoms with Crippen LogP contribution in [0.25, 0.3) is 17.0 Å². The number of nitriles is 1. The largest absolute Gasteiger partial charge is 0.355 e. The van der Waals surface area contributed by atoms with Gasteiger partial charge in [0.15, 0.2) is 5.13 Å². The number of hydrogen-bond acceptors (Lipinski definition) is 6. The quantitative estimate of drug-likeness (QED) is 0.555. The van der Waals surface area contributed by atoms with Crippen LogP contribution in [0.3, 0.4) is 0 Å². The molecule has 0 radical (unpaired) electrons. The van der Waals surface area contributed by atoms with Crippen molar-refractivity contribution in [2.75, 3.05) is 12.4 Å². The molecule has 4 aromatic rings. The number of aromatic nitrogens is 3. The smallest absolute Gasteiger partial charge is 0.251 e. The summed E-state index contributed by atoms with van der Waals surface area (Å²) in [7, 11) is 1.61. The van der Waals surface area contributed by atoms with Gasteiger partial charge in [0.25, 0.3) is 5.91 Å². The molecule has 0 aliphatic heterocycles. The van der Waals surface area contributed by atoms with E-state index in [9.17, 15) is 4.79 Å². The Balaban J connectivity index is 1.61. The Morgan fingerprint density at radius 1 is 1.21 bits per heavy atom. The topological polar surface area (TPSA) is 95.1 Å². The molecule has 3 aromatic heterocycles. The third-order valence-corrected chi connectivity index (χ3v) is 5.06. The standard InChI is InChI=1S/C20H16N6OS/c1-12-18(26-8-7-13(10-21)9-17(26)23-12)16-11-28-20(25-16)24-15-5-3-14(4-6-15)19(27)22-2/h3-9,11H,1-2H3,(H,22,27)(H,24,25). The van der Waals surface area contributed by atoms with Gasteiger partial charge in [0.2, 0.25) is 0 Å².